The van der Waals surface area contributed by atoms with Crippen molar-refractivity contribution in [1.29, 1.82) is 0 Å². The lowest BCUT2D eigenvalue weighted by Crippen LogP contribution is -2.05. The van der Waals surface area contributed by atoms with Crippen LogP contribution in [0.15, 0.2) is 53.7 Å². The van der Waals surface area contributed by atoms with Gasteiger partial charge in [0.25, 0.3) is 0 Å². The second kappa shape index (κ2) is 7.03. The third-order valence-electron chi connectivity index (χ3n) is 2.42. The van der Waals surface area contributed by atoms with E-state index in [9.17, 15) is 0 Å². The van der Waals surface area contributed by atoms with E-state index in [1.807, 2.05) is 42.5 Å². The highest BCUT2D eigenvalue weighted by atomic mass is 32.2. The van der Waals surface area contributed by atoms with Crippen LogP contribution in [0.2, 0.25) is 0 Å². The number of pyridine rings is 1. The van der Waals surface area contributed by atoms with Gasteiger partial charge in [-0.15, -0.1) is 11.8 Å². The third-order valence-corrected chi connectivity index (χ3v) is 3.33. The molecule has 2 aromatic rings. The zero-order valence-corrected chi connectivity index (χ0v) is 10.9. The van der Waals surface area contributed by atoms with Crippen molar-refractivity contribution in [3.8, 4) is 5.75 Å². The minimum Gasteiger partial charge on any atom is -0.492 e. The molecule has 0 unspecified atom stereocenters. The fourth-order valence-electron chi connectivity index (χ4n) is 1.54. The molecule has 1 aromatic carbocycles. The molecular weight excluding hydrogens is 244 g/mol. The lowest BCUT2D eigenvalue weighted by atomic mass is 10.2. The molecule has 3 nitrogen and oxygen atoms in total. The van der Waals surface area contributed by atoms with Crippen LogP contribution in [0.5, 0.6) is 5.75 Å². The Morgan fingerprint density at radius 2 is 1.94 bits per heavy atom. The van der Waals surface area contributed by atoms with Gasteiger partial charge in [-0.1, -0.05) is 24.3 Å². The molecule has 0 aliphatic rings. The molecule has 0 radical (unpaired) electrons. The first-order chi connectivity index (χ1) is 8.90. The molecule has 1 heterocycles. The summed E-state index contributed by atoms with van der Waals surface area (Å²) >= 11 is 1.69. The molecule has 0 amide bonds. The second-order valence-electron chi connectivity index (χ2n) is 3.68. The van der Waals surface area contributed by atoms with Crippen LogP contribution in [0.25, 0.3) is 0 Å². The molecule has 4 heteroatoms. The van der Waals surface area contributed by atoms with Gasteiger partial charge in [0.1, 0.15) is 5.75 Å². The lowest BCUT2D eigenvalue weighted by Gasteiger charge is -2.09. The number of aromatic nitrogens is 1. The van der Waals surface area contributed by atoms with Crippen LogP contribution in [-0.4, -0.2) is 17.3 Å². The summed E-state index contributed by atoms with van der Waals surface area (Å²) in [4.78, 5) is 4.24. The first-order valence-electron chi connectivity index (χ1n) is 5.85. The predicted octanol–water partition coefficient (Wildman–Crippen LogP) is 2.71. The lowest BCUT2D eigenvalue weighted by molar-refractivity contribution is 0.340. The first-order valence-corrected chi connectivity index (χ1v) is 6.83. The van der Waals surface area contributed by atoms with Crippen LogP contribution >= 0.6 is 11.8 Å². The summed E-state index contributed by atoms with van der Waals surface area (Å²) < 4.78 is 5.72. The van der Waals surface area contributed by atoms with E-state index in [-0.39, 0.29) is 0 Å². The zero-order valence-electron chi connectivity index (χ0n) is 10.1. The van der Waals surface area contributed by atoms with Gasteiger partial charge in [0.15, 0.2) is 0 Å². The maximum absolute atomic E-state index is 5.72. The molecule has 0 atom stereocenters. The number of thioether (sulfide) groups is 1. The Labute approximate surface area is 111 Å². The molecular formula is C14H16N2OS. The maximum atomic E-state index is 5.72. The molecule has 94 valence electrons. The van der Waals surface area contributed by atoms with Crippen molar-refractivity contribution in [1.82, 2.24) is 4.98 Å². The highest BCUT2D eigenvalue weighted by molar-refractivity contribution is 7.99. The standard InChI is InChI=1S/C14H16N2OS/c15-11-12-5-1-2-6-13(12)17-9-10-18-14-7-3-4-8-16-14/h1-8H,9-11,15H2. The number of para-hydroxylation sites is 1. The minimum atomic E-state index is 0.504. The molecule has 0 aliphatic carbocycles. The largest absolute Gasteiger partial charge is 0.492 e. The monoisotopic (exact) mass is 260 g/mol. The number of nitrogens with two attached hydrogens (primary N) is 1. The fraction of sp³-hybridized carbons (Fsp3) is 0.214. The van der Waals surface area contributed by atoms with Crippen LogP contribution in [0, 0.1) is 0 Å². The van der Waals surface area contributed by atoms with Gasteiger partial charge in [-0.2, -0.15) is 0 Å². The summed E-state index contributed by atoms with van der Waals surface area (Å²) in [7, 11) is 0. The van der Waals surface area contributed by atoms with Crippen molar-refractivity contribution >= 4 is 11.8 Å². The SMILES string of the molecule is NCc1ccccc1OCCSc1ccccn1. The van der Waals surface area contributed by atoms with Crippen LogP contribution in [-0.2, 0) is 6.54 Å². The Balaban J connectivity index is 1.78. The summed E-state index contributed by atoms with van der Waals surface area (Å²) in [6, 6.07) is 13.8. The van der Waals surface area contributed by atoms with Crippen molar-refractivity contribution in [3.63, 3.8) is 0 Å². The number of nitrogens with zero attached hydrogens (tertiary/aromatic N) is 1. The van der Waals surface area contributed by atoms with Gasteiger partial charge in [0.05, 0.1) is 11.6 Å². The number of hydrogen-bond donors (Lipinski definition) is 1. The van der Waals surface area contributed by atoms with E-state index in [0.29, 0.717) is 13.2 Å². The smallest absolute Gasteiger partial charge is 0.123 e. The van der Waals surface area contributed by atoms with Crippen LogP contribution < -0.4 is 10.5 Å². The van der Waals surface area contributed by atoms with Gasteiger partial charge < -0.3 is 10.5 Å². The van der Waals surface area contributed by atoms with Gasteiger partial charge in [-0.3, -0.25) is 0 Å². The molecule has 0 saturated heterocycles. The van der Waals surface area contributed by atoms with Gasteiger partial charge >= 0.3 is 0 Å². The van der Waals surface area contributed by atoms with Gasteiger partial charge in [-0.05, 0) is 18.2 Å². The molecule has 1 aromatic heterocycles. The molecule has 0 fully saturated rings. The highest BCUT2D eigenvalue weighted by Gasteiger charge is 2.00. The quantitative estimate of drug-likeness (QED) is 0.641. The molecule has 0 aliphatic heterocycles. The summed E-state index contributed by atoms with van der Waals surface area (Å²) in [6.07, 6.45) is 1.80. The zero-order chi connectivity index (χ0) is 12.6. The van der Waals surface area contributed by atoms with Crippen molar-refractivity contribution in [3.05, 3.63) is 54.2 Å². The Kier molecular flexibility index (Phi) is 5.05. The summed E-state index contributed by atoms with van der Waals surface area (Å²) in [5, 5.41) is 1.02. The van der Waals surface area contributed by atoms with Crippen LogP contribution in [0.1, 0.15) is 5.56 Å². The Morgan fingerprint density at radius 3 is 2.72 bits per heavy atom. The predicted molar refractivity (Wildman–Crippen MR) is 74.8 cm³/mol. The van der Waals surface area contributed by atoms with Crippen molar-refractivity contribution in [2.24, 2.45) is 5.73 Å². The van der Waals surface area contributed by atoms with E-state index in [2.05, 4.69) is 4.98 Å². The van der Waals surface area contributed by atoms with Crippen molar-refractivity contribution in [2.45, 2.75) is 11.6 Å². The topological polar surface area (TPSA) is 48.1 Å². The average Bonchev–Trinajstić information content (AvgIpc) is 2.45. The summed E-state index contributed by atoms with van der Waals surface area (Å²) in [5.41, 5.74) is 6.69. The third kappa shape index (κ3) is 3.75. The van der Waals surface area contributed by atoms with Crippen molar-refractivity contribution < 1.29 is 4.74 Å². The molecule has 18 heavy (non-hydrogen) atoms. The fourth-order valence-corrected chi connectivity index (χ4v) is 2.23. The molecule has 0 saturated carbocycles. The van der Waals surface area contributed by atoms with E-state index in [4.69, 9.17) is 10.5 Å². The number of ether oxygens (including phenoxy) is 1. The Hall–Kier alpha value is -1.52. The molecule has 0 spiro atoms. The normalized spacial score (nSPS) is 10.3. The Morgan fingerprint density at radius 1 is 1.11 bits per heavy atom. The van der Waals surface area contributed by atoms with E-state index in [0.717, 1.165) is 22.1 Å². The number of benzene rings is 1. The molecule has 2 N–H and O–H groups in total. The van der Waals surface area contributed by atoms with E-state index >= 15 is 0 Å². The average molecular weight is 260 g/mol. The van der Waals surface area contributed by atoms with E-state index in [1.165, 1.54) is 0 Å². The molecule has 0 bridgehead atoms. The minimum absolute atomic E-state index is 0.504. The van der Waals surface area contributed by atoms with Crippen LogP contribution in [0.4, 0.5) is 0 Å². The first kappa shape index (κ1) is 12.9. The van der Waals surface area contributed by atoms with Crippen LogP contribution in [0.3, 0.4) is 0 Å². The number of rotatable bonds is 6. The van der Waals surface area contributed by atoms with Crippen molar-refractivity contribution in [2.75, 3.05) is 12.4 Å². The van der Waals surface area contributed by atoms with E-state index in [1.54, 1.807) is 18.0 Å². The molecule has 2 rings (SSSR count). The summed E-state index contributed by atoms with van der Waals surface area (Å²) in [6.45, 7) is 1.15. The summed E-state index contributed by atoms with van der Waals surface area (Å²) in [5.74, 6) is 1.75. The number of hydrogen-bond acceptors (Lipinski definition) is 4. The van der Waals surface area contributed by atoms with Gasteiger partial charge in [0.2, 0.25) is 0 Å². The van der Waals surface area contributed by atoms with E-state index < -0.39 is 0 Å². The highest BCUT2D eigenvalue weighted by Crippen LogP contribution is 2.18. The van der Waals surface area contributed by atoms with Gasteiger partial charge in [-0.25, -0.2) is 4.98 Å². The maximum Gasteiger partial charge on any atom is 0.123 e. The second-order valence-corrected chi connectivity index (χ2v) is 4.79. The van der Waals surface area contributed by atoms with Gasteiger partial charge in [0, 0.05) is 24.1 Å². The Bertz CT molecular complexity index is 476.